The van der Waals surface area contributed by atoms with E-state index in [2.05, 4.69) is 15.9 Å². The number of nitrogens with two attached hydrogens (primary N) is 1. The molecular formula is C14H11BrF2N2O. The van der Waals surface area contributed by atoms with Crippen LogP contribution in [0.4, 0.5) is 8.78 Å². The van der Waals surface area contributed by atoms with E-state index in [1.165, 1.54) is 36.4 Å². The molecule has 3 nitrogen and oxygen atoms in total. The van der Waals surface area contributed by atoms with Crippen LogP contribution in [0.1, 0.15) is 11.1 Å². The van der Waals surface area contributed by atoms with Crippen LogP contribution in [0, 0.1) is 17.0 Å². The van der Waals surface area contributed by atoms with Crippen LogP contribution in [0.3, 0.4) is 0 Å². The van der Waals surface area contributed by atoms with Gasteiger partial charge in [-0.1, -0.05) is 12.1 Å². The summed E-state index contributed by atoms with van der Waals surface area (Å²) in [6.45, 7) is -0.0495. The number of hydrogen-bond donors (Lipinski definition) is 2. The Balaban J connectivity index is 2.15. The number of nitrogens with one attached hydrogen (secondary N) is 1. The number of halogens is 3. The quantitative estimate of drug-likeness (QED) is 0.660. The fraction of sp³-hybridized carbons (Fsp3) is 0.0714. The van der Waals surface area contributed by atoms with Gasteiger partial charge in [-0.25, -0.2) is 8.78 Å². The smallest absolute Gasteiger partial charge is 0.136 e. The molecule has 0 saturated carbocycles. The molecule has 6 heteroatoms. The monoisotopic (exact) mass is 340 g/mol. The van der Waals surface area contributed by atoms with Gasteiger partial charge in [0.05, 0.1) is 4.47 Å². The Hall–Kier alpha value is -1.95. The first-order valence-electron chi connectivity index (χ1n) is 5.68. The van der Waals surface area contributed by atoms with Gasteiger partial charge in [0.2, 0.25) is 0 Å². The summed E-state index contributed by atoms with van der Waals surface area (Å²) in [4.78, 5) is 0. The lowest BCUT2D eigenvalue weighted by molar-refractivity contribution is 0.296. The minimum Gasteiger partial charge on any atom is -0.488 e. The van der Waals surface area contributed by atoms with Gasteiger partial charge in [0.25, 0.3) is 0 Å². The predicted molar refractivity (Wildman–Crippen MR) is 75.8 cm³/mol. The van der Waals surface area contributed by atoms with Crippen LogP contribution in [-0.4, -0.2) is 5.84 Å². The van der Waals surface area contributed by atoms with Crippen LogP contribution < -0.4 is 10.5 Å². The lowest BCUT2D eigenvalue weighted by Gasteiger charge is -2.10. The minimum atomic E-state index is -0.523. The van der Waals surface area contributed by atoms with E-state index < -0.39 is 11.6 Å². The number of hydrogen-bond acceptors (Lipinski definition) is 2. The van der Waals surface area contributed by atoms with Crippen LogP contribution in [-0.2, 0) is 6.61 Å². The Morgan fingerprint density at radius 1 is 1.20 bits per heavy atom. The number of nitrogen functional groups attached to an aromatic ring is 1. The first-order chi connectivity index (χ1) is 9.47. The molecule has 3 N–H and O–H groups in total. The number of rotatable bonds is 4. The summed E-state index contributed by atoms with van der Waals surface area (Å²) in [6, 6.07) is 8.20. The third-order valence-electron chi connectivity index (χ3n) is 2.64. The zero-order valence-electron chi connectivity index (χ0n) is 10.3. The molecule has 20 heavy (non-hydrogen) atoms. The zero-order chi connectivity index (χ0) is 14.7. The van der Waals surface area contributed by atoms with Crippen molar-refractivity contribution in [3.8, 4) is 5.75 Å². The third kappa shape index (κ3) is 3.33. The van der Waals surface area contributed by atoms with Gasteiger partial charge < -0.3 is 10.5 Å². The SMILES string of the molecule is N=C(N)c1ccc(COc2cc(F)ccc2Br)c(F)c1. The average molecular weight is 341 g/mol. The van der Waals surface area contributed by atoms with E-state index in [0.29, 0.717) is 21.3 Å². The van der Waals surface area contributed by atoms with E-state index in [-0.39, 0.29) is 12.4 Å². The number of benzene rings is 2. The lowest BCUT2D eigenvalue weighted by Crippen LogP contribution is -2.12. The highest BCUT2D eigenvalue weighted by molar-refractivity contribution is 9.10. The van der Waals surface area contributed by atoms with Crippen molar-refractivity contribution in [1.29, 1.82) is 5.41 Å². The maximum atomic E-state index is 13.8. The Morgan fingerprint density at radius 3 is 2.60 bits per heavy atom. The van der Waals surface area contributed by atoms with Crippen LogP contribution >= 0.6 is 15.9 Å². The molecule has 0 aliphatic heterocycles. The first-order valence-corrected chi connectivity index (χ1v) is 6.47. The average Bonchev–Trinajstić information content (AvgIpc) is 2.40. The first kappa shape index (κ1) is 14.5. The van der Waals surface area contributed by atoms with Crippen molar-refractivity contribution in [2.45, 2.75) is 6.61 Å². The molecule has 2 aromatic rings. The Morgan fingerprint density at radius 2 is 1.95 bits per heavy atom. The molecule has 0 spiro atoms. The summed E-state index contributed by atoms with van der Waals surface area (Å²) in [5, 5.41) is 7.22. The van der Waals surface area contributed by atoms with Crippen LogP contribution in [0.5, 0.6) is 5.75 Å². The standard InChI is InChI=1S/C14H11BrF2N2O/c15-11-4-3-10(16)6-13(11)20-7-9-2-1-8(14(18)19)5-12(9)17/h1-6H,7H2,(H3,18,19). The predicted octanol–water partition coefficient (Wildman–Crippen LogP) is 3.59. The molecule has 2 rings (SSSR count). The zero-order valence-corrected chi connectivity index (χ0v) is 11.9. The van der Waals surface area contributed by atoms with Gasteiger partial charge in [-0.3, -0.25) is 5.41 Å². The molecule has 104 valence electrons. The van der Waals surface area contributed by atoms with E-state index in [4.69, 9.17) is 15.9 Å². The summed E-state index contributed by atoms with van der Waals surface area (Å²) in [5.41, 5.74) is 5.87. The van der Waals surface area contributed by atoms with Crippen molar-refractivity contribution >= 4 is 21.8 Å². The summed E-state index contributed by atoms with van der Waals surface area (Å²) < 4.78 is 32.8. The van der Waals surface area contributed by atoms with E-state index in [1.807, 2.05) is 0 Å². The number of ether oxygens (including phenoxy) is 1. The maximum absolute atomic E-state index is 13.8. The molecule has 0 atom stereocenters. The topological polar surface area (TPSA) is 59.1 Å². The highest BCUT2D eigenvalue weighted by Gasteiger charge is 2.08. The summed E-state index contributed by atoms with van der Waals surface area (Å²) in [7, 11) is 0. The van der Waals surface area contributed by atoms with E-state index in [0.717, 1.165) is 0 Å². The van der Waals surface area contributed by atoms with Crippen molar-refractivity contribution in [3.63, 3.8) is 0 Å². The fourth-order valence-corrected chi connectivity index (χ4v) is 1.94. The van der Waals surface area contributed by atoms with Gasteiger partial charge in [-0.2, -0.15) is 0 Å². The minimum absolute atomic E-state index is 0.0495. The maximum Gasteiger partial charge on any atom is 0.136 e. The largest absolute Gasteiger partial charge is 0.488 e. The molecule has 0 bridgehead atoms. The summed E-state index contributed by atoms with van der Waals surface area (Å²) >= 11 is 3.22. The van der Waals surface area contributed by atoms with Crippen molar-refractivity contribution < 1.29 is 13.5 Å². The van der Waals surface area contributed by atoms with E-state index in [9.17, 15) is 8.78 Å². The summed E-state index contributed by atoms with van der Waals surface area (Å²) in [6.07, 6.45) is 0. The van der Waals surface area contributed by atoms with Gasteiger partial charge in [0.1, 0.15) is 29.8 Å². The van der Waals surface area contributed by atoms with Crippen LogP contribution in [0.2, 0.25) is 0 Å². The normalized spacial score (nSPS) is 10.3. The third-order valence-corrected chi connectivity index (χ3v) is 3.30. The molecule has 0 unspecified atom stereocenters. The van der Waals surface area contributed by atoms with Gasteiger partial charge in [-0.05, 0) is 34.1 Å². The van der Waals surface area contributed by atoms with Gasteiger partial charge in [0, 0.05) is 17.2 Å². The van der Waals surface area contributed by atoms with Gasteiger partial charge in [-0.15, -0.1) is 0 Å². The highest BCUT2D eigenvalue weighted by Crippen LogP contribution is 2.26. The molecule has 0 radical (unpaired) electrons. The molecule has 0 fully saturated rings. The fourth-order valence-electron chi connectivity index (χ4n) is 1.58. The number of amidine groups is 1. The Bertz CT molecular complexity index is 662. The van der Waals surface area contributed by atoms with Gasteiger partial charge >= 0.3 is 0 Å². The van der Waals surface area contributed by atoms with Crippen molar-refractivity contribution in [3.05, 3.63) is 63.6 Å². The molecule has 0 aromatic heterocycles. The van der Waals surface area contributed by atoms with E-state index in [1.54, 1.807) is 0 Å². The molecule has 0 saturated heterocycles. The van der Waals surface area contributed by atoms with Crippen molar-refractivity contribution in [1.82, 2.24) is 0 Å². The lowest BCUT2D eigenvalue weighted by atomic mass is 10.1. The second-order valence-electron chi connectivity index (χ2n) is 4.08. The molecule has 0 aliphatic carbocycles. The van der Waals surface area contributed by atoms with E-state index >= 15 is 0 Å². The molecular weight excluding hydrogens is 330 g/mol. The van der Waals surface area contributed by atoms with Crippen molar-refractivity contribution in [2.75, 3.05) is 0 Å². The molecule has 2 aromatic carbocycles. The highest BCUT2D eigenvalue weighted by atomic mass is 79.9. The Kier molecular flexibility index (Phi) is 4.34. The second kappa shape index (κ2) is 6.00. The Labute approximate surface area is 123 Å². The van der Waals surface area contributed by atoms with Crippen LogP contribution in [0.15, 0.2) is 40.9 Å². The van der Waals surface area contributed by atoms with Gasteiger partial charge in [0.15, 0.2) is 0 Å². The summed E-state index contributed by atoms with van der Waals surface area (Å²) in [5.74, 6) is -0.870. The van der Waals surface area contributed by atoms with Crippen LogP contribution in [0.25, 0.3) is 0 Å². The molecule has 0 heterocycles. The molecule has 0 amide bonds. The van der Waals surface area contributed by atoms with Crippen molar-refractivity contribution in [2.24, 2.45) is 5.73 Å². The second-order valence-corrected chi connectivity index (χ2v) is 4.94. The molecule has 0 aliphatic rings.